The number of benzene rings is 3. The molecule has 1 atom stereocenters. The Kier molecular flexibility index (Phi) is 3.98. The molecule has 3 aromatic rings. The fraction of sp³-hybridized carbons (Fsp3) is 0.200. The van der Waals surface area contributed by atoms with Crippen molar-refractivity contribution in [2.24, 2.45) is 0 Å². The Morgan fingerprint density at radius 3 is 2.19 bits per heavy atom. The zero-order chi connectivity index (χ0) is 14.8. The third-order valence-corrected chi connectivity index (χ3v) is 4.46. The molecule has 0 N–H and O–H groups in total. The maximum Gasteiger partial charge on any atom is 0.0630 e. The molecule has 3 aromatic carbocycles. The van der Waals surface area contributed by atoms with E-state index in [9.17, 15) is 0 Å². The summed E-state index contributed by atoms with van der Waals surface area (Å²) >= 11 is 6.70. The maximum absolute atomic E-state index is 6.70. The molecule has 0 spiro atoms. The van der Waals surface area contributed by atoms with Gasteiger partial charge in [0.15, 0.2) is 0 Å². The zero-order valence-electron chi connectivity index (χ0n) is 12.4. The summed E-state index contributed by atoms with van der Waals surface area (Å²) in [5, 5.41) is 2.58. The zero-order valence-corrected chi connectivity index (χ0v) is 13.2. The number of rotatable bonds is 3. The predicted octanol–water partition coefficient (Wildman–Crippen LogP) is 5.98. The molecule has 0 radical (unpaired) electrons. The summed E-state index contributed by atoms with van der Waals surface area (Å²) in [6.45, 7) is 4.27. The van der Waals surface area contributed by atoms with Crippen LogP contribution in [0.1, 0.15) is 27.6 Å². The van der Waals surface area contributed by atoms with Crippen molar-refractivity contribution in [3.05, 3.63) is 82.9 Å². The van der Waals surface area contributed by atoms with Crippen LogP contribution in [0.5, 0.6) is 0 Å². The number of aryl methyl sites for hydroxylation is 2. The van der Waals surface area contributed by atoms with E-state index in [2.05, 4.69) is 74.5 Å². The second kappa shape index (κ2) is 5.91. The minimum absolute atomic E-state index is 0.0207. The molecule has 0 aliphatic heterocycles. The predicted molar refractivity (Wildman–Crippen MR) is 92.2 cm³/mol. The average molecular weight is 295 g/mol. The highest BCUT2D eigenvalue weighted by atomic mass is 35.5. The summed E-state index contributed by atoms with van der Waals surface area (Å²) in [5.41, 5.74) is 5.11. The monoisotopic (exact) mass is 294 g/mol. The van der Waals surface area contributed by atoms with Crippen LogP contribution >= 0.6 is 11.6 Å². The fourth-order valence-electron chi connectivity index (χ4n) is 3.00. The van der Waals surface area contributed by atoms with Crippen molar-refractivity contribution >= 4 is 22.4 Å². The first-order valence-electron chi connectivity index (χ1n) is 7.33. The number of hydrogen-bond donors (Lipinski definition) is 0. The molecule has 0 aromatic heterocycles. The summed E-state index contributed by atoms with van der Waals surface area (Å²) in [7, 11) is 0. The van der Waals surface area contributed by atoms with Crippen LogP contribution in [-0.2, 0) is 6.42 Å². The Labute approximate surface area is 131 Å². The van der Waals surface area contributed by atoms with Crippen molar-refractivity contribution in [2.75, 3.05) is 0 Å². The molecule has 3 rings (SSSR count). The Morgan fingerprint density at radius 1 is 0.810 bits per heavy atom. The van der Waals surface area contributed by atoms with Gasteiger partial charge >= 0.3 is 0 Å². The van der Waals surface area contributed by atoms with E-state index in [1.165, 1.54) is 33.0 Å². The SMILES string of the molecule is Cc1cccc(C)c1C(Cl)Cc1ccc2ccccc2c1. The van der Waals surface area contributed by atoms with Crippen LogP contribution in [0.2, 0.25) is 0 Å². The minimum atomic E-state index is 0.0207. The van der Waals surface area contributed by atoms with Gasteiger partial charge in [0, 0.05) is 0 Å². The maximum atomic E-state index is 6.70. The average Bonchev–Trinajstić information content (AvgIpc) is 2.47. The quantitative estimate of drug-likeness (QED) is 0.521. The number of halogens is 1. The molecule has 0 aliphatic carbocycles. The van der Waals surface area contributed by atoms with Crippen molar-refractivity contribution < 1.29 is 0 Å². The largest absolute Gasteiger partial charge is 0.117 e. The number of fused-ring (bicyclic) bond motifs is 1. The first kappa shape index (κ1) is 14.2. The topological polar surface area (TPSA) is 0 Å². The molecule has 0 heterocycles. The lowest BCUT2D eigenvalue weighted by Gasteiger charge is -2.16. The van der Waals surface area contributed by atoms with Gasteiger partial charge in [-0.2, -0.15) is 0 Å². The third kappa shape index (κ3) is 2.96. The van der Waals surface area contributed by atoms with Crippen molar-refractivity contribution in [3.8, 4) is 0 Å². The lowest BCUT2D eigenvalue weighted by Crippen LogP contribution is -2.01. The van der Waals surface area contributed by atoms with Gasteiger partial charge in [-0.25, -0.2) is 0 Å². The van der Waals surface area contributed by atoms with Crippen molar-refractivity contribution in [2.45, 2.75) is 25.6 Å². The Balaban J connectivity index is 1.91. The van der Waals surface area contributed by atoms with E-state index >= 15 is 0 Å². The van der Waals surface area contributed by atoms with Gasteiger partial charge in [-0.3, -0.25) is 0 Å². The lowest BCUT2D eigenvalue weighted by atomic mass is 9.95. The Hall–Kier alpha value is -1.79. The van der Waals surface area contributed by atoms with Crippen LogP contribution in [0.25, 0.3) is 10.8 Å². The summed E-state index contributed by atoms with van der Waals surface area (Å²) in [6.07, 6.45) is 0.859. The van der Waals surface area contributed by atoms with Crippen LogP contribution in [0.15, 0.2) is 60.7 Å². The van der Waals surface area contributed by atoms with Crippen LogP contribution in [0.3, 0.4) is 0 Å². The molecule has 0 nitrogen and oxygen atoms in total. The van der Waals surface area contributed by atoms with Gasteiger partial charge in [0.2, 0.25) is 0 Å². The molecule has 0 bridgehead atoms. The highest BCUT2D eigenvalue weighted by molar-refractivity contribution is 6.21. The van der Waals surface area contributed by atoms with E-state index in [1.54, 1.807) is 0 Å². The number of alkyl halides is 1. The van der Waals surface area contributed by atoms with Crippen LogP contribution in [0.4, 0.5) is 0 Å². The lowest BCUT2D eigenvalue weighted by molar-refractivity contribution is 0.901. The molecule has 0 aliphatic rings. The van der Waals surface area contributed by atoms with E-state index in [1.807, 2.05) is 0 Å². The van der Waals surface area contributed by atoms with Crippen molar-refractivity contribution in [1.29, 1.82) is 0 Å². The number of hydrogen-bond acceptors (Lipinski definition) is 0. The normalized spacial score (nSPS) is 12.5. The molecule has 21 heavy (non-hydrogen) atoms. The molecular formula is C20H19Cl. The highest BCUT2D eigenvalue weighted by Gasteiger charge is 2.14. The van der Waals surface area contributed by atoms with Gasteiger partial charge < -0.3 is 0 Å². The van der Waals surface area contributed by atoms with Gasteiger partial charge in [0.05, 0.1) is 5.38 Å². The van der Waals surface area contributed by atoms with Crippen molar-refractivity contribution in [1.82, 2.24) is 0 Å². The minimum Gasteiger partial charge on any atom is -0.117 e. The van der Waals surface area contributed by atoms with E-state index in [-0.39, 0.29) is 5.38 Å². The second-order valence-electron chi connectivity index (χ2n) is 5.66. The first-order chi connectivity index (χ1) is 10.1. The van der Waals surface area contributed by atoms with Crippen LogP contribution < -0.4 is 0 Å². The summed E-state index contributed by atoms with van der Waals surface area (Å²) in [5.74, 6) is 0. The molecule has 0 saturated heterocycles. The second-order valence-corrected chi connectivity index (χ2v) is 6.19. The van der Waals surface area contributed by atoms with E-state index in [4.69, 9.17) is 11.6 Å². The molecule has 1 unspecified atom stereocenters. The van der Waals surface area contributed by atoms with E-state index in [0.717, 1.165) is 6.42 Å². The third-order valence-electron chi connectivity index (χ3n) is 4.08. The molecule has 0 fully saturated rings. The van der Waals surface area contributed by atoms with Crippen LogP contribution in [-0.4, -0.2) is 0 Å². The van der Waals surface area contributed by atoms with Gasteiger partial charge in [-0.15, -0.1) is 11.6 Å². The molecular weight excluding hydrogens is 276 g/mol. The highest BCUT2D eigenvalue weighted by Crippen LogP contribution is 2.31. The van der Waals surface area contributed by atoms with E-state index < -0.39 is 0 Å². The van der Waals surface area contributed by atoms with Crippen LogP contribution in [0, 0.1) is 13.8 Å². The van der Waals surface area contributed by atoms with Gasteiger partial charge in [-0.1, -0.05) is 60.7 Å². The van der Waals surface area contributed by atoms with Crippen molar-refractivity contribution in [3.63, 3.8) is 0 Å². The fourth-order valence-corrected chi connectivity index (χ4v) is 3.52. The summed E-state index contributed by atoms with van der Waals surface area (Å²) < 4.78 is 0. The summed E-state index contributed by atoms with van der Waals surface area (Å²) in [6, 6.07) is 21.4. The van der Waals surface area contributed by atoms with E-state index in [0.29, 0.717) is 0 Å². The Bertz CT molecular complexity index is 753. The standard InChI is InChI=1S/C20H19Cl/c1-14-6-5-7-15(2)20(14)19(21)13-16-10-11-17-8-3-4-9-18(17)12-16/h3-12,19H,13H2,1-2H3. The molecule has 1 heteroatoms. The van der Waals surface area contributed by atoms with Gasteiger partial charge in [0.1, 0.15) is 0 Å². The smallest absolute Gasteiger partial charge is 0.0630 e. The summed E-state index contributed by atoms with van der Waals surface area (Å²) in [4.78, 5) is 0. The molecule has 0 amide bonds. The molecule has 0 saturated carbocycles. The first-order valence-corrected chi connectivity index (χ1v) is 7.76. The van der Waals surface area contributed by atoms with Gasteiger partial charge in [-0.05, 0) is 53.3 Å². The Morgan fingerprint density at radius 2 is 1.48 bits per heavy atom. The molecule has 106 valence electrons. The van der Waals surface area contributed by atoms with Gasteiger partial charge in [0.25, 0.3) is 0 Å².